The highest BCUT2D eigenvalue weighted by atomic mass is 19.1. The average Bonchev–Trinajstić information content (AvgIpc) is 2.25. The second-order valence-electron chi connectivity index (χ2n) is 3.24. The van der Waals surface area contributed by atoms with Gasteiger partial charge in [-0.25, -0.2) is 4.39 Å². The summed E-state index contributed by atoms with van der Waals surface area (Å²) in [7, 11) is 0. The lowest BCUT2D eigenvalue weighted by molar-refractivity contribution is 0.112. The summed E-state index contributed by atoms with van der Waals surface area (Å²) in [6, 6.07) is 0. The van der Waals surface area contributed by atoms with Crippen molar-refractivity contribution in [2.75, 3.05) is 0 Å². The SMILES string of the molecule is O[C@@H]1C2CCC1[C@@H](F)C2. The van der Waals surface area contributed by atoms with E-state index in [-0.39, 0.29) is 12.0 Å². The number of fused-ring (bicyclic) bond motifs is 2. The Morgan fingerprint density at radius 1 is 1.33 bits per heavy atom. The first-order valence-corrected chi connectivity index (χ1v) is 3.61. The minimum absolute atomic E-state index is 0.00463. The maximum absolute atomic E-state index is 12.7. The van der Waals surface area contributed by atoms with Crippen LogP contribution in [0.1, 0.15) is 19.3 Å². The van der Waals surface area contributed by atoms with E-state index in [2.05, 4.69) is 0 Å². The van der Waals surface area contributed by atoms with E-state index in [0.29, 0.717) is 12.3 Å². The van der Waals surface area contributed by atoms with E-state index in [1.165, 1.54) is 0 Å². The summed E-state index contributed by atoms with van der Waals surface area (Å²) in [5, 5.41) is 9.26. The highest BCUT2D eigenvalue weighted by molar-refractivity contribution is 4.97. The third kappa shape index (κ3) is 0.627. The molecule has 4 atom stereocenters. The van der Waals surface area contributed by atoms with Crippen molar-refractivity contribution in [1.82, 2.24) is 0 Å². The summed E-state index contributed by atoms with van der Waals surface area (Å²) >= 11 is 0. The fourth-order valence-electron chi connectivity index (χ4n) is 2.21. The number of alkyl halides is 1. The molecule has 0 aromatic heterocycles. The Balaban J connectivity index is 2.16. The van der Waals surface area contributed by atoms with Crippen LogP contribution in [-0.4, -0.2) is 17.4 Å². The molecule has 1 N–H and O–H groups in total. The van der Waals surface area contributed by atoms with Crippen molar-refractivity contribution in [3.05, 3.63) is 0 Å². The van der Waals surface area contributed by atoms with Gasteiger partial charge in [-0.05, 0) is 25.2 Å². The lowest BCUT2D eigenvalue weighted by Gasteiger charge is -2.11. The van der Waals surface area contributed by atoms with Gasteiger partial charge in [-0.15, -0.1) is 0 Å². The molecule has 0 saturated heterocycles. The van der Waals surface area contributed by atoms with Gasteiger partial charge in [-0.3, -0.25) is 0 Å². The van der Waals surface area contributed by atoms with Crippen molar-refractivity contribution in [3.63, 3.8) is 0 Å². The largest absolute Gasteiger partial charge is 0.392 e. The number of hydrogen-bond donors (Lipinski definition) is 1. The van der Waals surface area contributed by atoms with E-state index in [0.717, 1.165) is 12.8 Å². The number of aliphatic hydroxyl groups is 1. The molecule has 0 aromatic carbocycles. The minimum atomic E-state index is -0.696. The van der Waals surface area contributed by atoms with Crippen LogP contribution in [0.3, 0.4) is 0 Å². The van der Waals surface area contributed by atoms with Gasteiger partial charge in [0.05, 0.1) is 6.10 Å². The number of hydrogen-bond acceptors (Lipinski definition) is 1. The maximum atomic E-state index is 12.7. The van der Waals surface area contributed by atoms with E-state index in [1.807, 2.05) is 0 Å². The number of halogens is 1. The van der Waals surface area contributed by atoms with Crippen LogP contribution in [-0.2, 0) is 0 Å². The zero-order chi connectivity index (χ0) is 6.43. The van der Waals surface area contributed by atoms with E-state index in [9.17, 15) is 9.50 Å². The van der Waals surface area contributed by atoms with Crippen LogP contribution in [0.15, 0.2) is 0 Å². The van der Waals surface area contributed by atoms with Crippen LogP contribution < -0.4 is 0 Å². The van der Waals surface area contributed by atoms with E-state index >= 15 is 0 Å². The van der Waals surface area contributed by atoms with Crippen LogP contribution in [0.4, 0.5) is 4.39 Å². The van der Waals surface area contributed by atoms with Gasteiger partial charge >= 0.3 is 0 Å². The van der Waals surface area contributed by atoms with Crippen LogP contribution >= 0.6 is 0 Å². The van der Waals surface area contributed by atoms with Gasteiger partial charge in [0.25, 0.3) is 0 Å². The van der Waals surface area contributed by atoms with Gasteiger partial charge in [0.2, 0.25) is 0 Å². The molecule has 2 aliphatic carbocycles. The van der Waals surface area contributed by atoms with Crippen LogP contribution in [0, 0.1) is 11.8 Å². The third-order valence-corrected chi connectivity index (χ3v) is 2.78. The van der Waals surface area contributed by atoms with Gasteiger partial charge in [-0.1, -0.05) is 0 Å². The number of aliphatic hydroxyl groups excluding tert-OH is 1. The molecule has 52 valence electrons. The monoisotopic (exact) mass is 130 g/mol. The molecule has 2 fully saturated rings. The molecule has 2 unspecified atom stereocenters. The molecule has 0 amide bonds. The van der Waals surface area contributed by atoms with Crippen molar-refractivity contribution in [2.24, 2.45) is 11.8 Å². The molecule has 2 bridgehead atoms. The predicted octanol–water partition coefficient (Wildman–Crippen LogP) is 1.12. The topological polar surface area (TPSA) is 20.2 Å². The Labute approximate surface area is 53.9 Å². The molecule has 2 aliphatic rings. The van der Waals surface area contributed by atoms with Crippen molar-refractivity contribution >= 4 is 0 Å². The fourth-order valence-corrected chi connectivity index (χ4v) is 2.21. The van der Waals surface area contributed by atoms with Crippen LogP contribution in [0.2, 0.25) is 0 Å². The normalized spacial score (nSPS) is 56.7. The molecule has 0 spiro atoms. The quantitative estimate of drug-likeness (QED) is 0.521. The first kappa shape index (κ1) is 5.66. The molecule has 0 aliphatic heterocycles. The summed E-state index contributed by atoms with van der Waals surface area (Å²) < 4.78 is 12.7. The van der Waals surface area contributed by atoms with Gasteiger partial charge < -0.3 is 5.11 Å². The fraction of sp³-hybridized carbons (Fsp3) is 1.00. The Kier molecular flexibility index (Phi) is 1.06. The van der Waals surface area contributed by atoms with Crippen LogP contribution in [0.5, 0.6) is 0 Å². The Bertz CT molecular complexity index is 126. The summed E-state index contributed by atoms with van der Waals surface area (Å²) in [6.07, 6.45) is 1.57. The van der Waals surface area contributed by atoms with Gasteiger partial charge in [0.15, 0.2) is 0 Å². The Morgan fingerprint density at radius 3 is 2.33 bits per heavy atom. The molecule has 0 aromatic rings. The zero-order valence-corrected chi connectivity index (χ0v) is 5.26. The number of rotatable bonds is 0. The summed E-state index contributed by atoms with van der Waals surface area (Å²) in [5.41, 5.74) is 0. The summed E-state index contributed by atoms with van der Waals surface area (Å²) in [5.74, 6) is 0.292. The van der Waals surface area contributed by atoms with Gasteiger partial charge in [0, 0.05) is 5.92 Å². The lowest BCUT2D eigenvalue weighted by atomic mass is 9.99. The van der Waals surface area contributed by atoms with E-state index in [1.54, 1.807) is 0 Å². The highest BCUT2D eigenvalue weighted by Gasteiger charge is 2.47. The lowest BCUT2D eigenvalue weighted by Crippen LogP contribution is -2.15. The first-order chi connectivity index (χ1) is 4.29. The van der Waals surface area contributed by atoms with E-state index < -0.39 is 6.17 Å². The van der Waals surface area contributed by atoms with Gasteiger partial charge in [-0.2, -0.15) is 0 Å². The van der Waals surface area contributed by atoms with Crippen molar-refractivity contribution in [1.29, 1.82) is 0 Å². The first-order valence-electron chi connectivity index (χ1n) is 3.61. The zero-order valence-electron chi connectivity index (χ0n) is 5.26. The van der Waals surface area contributed by atoms with Crippen molar-refractivity contribution in [3.8, 4) is 0 Å². The van der Waals surface area contributed by atoms with Crippen molar-refractivity contribution in [2.45, 2.75) is 31.5 Å². The van der Waals surface area contributed by atoms with Crippen molar-refractivity contribution < 1.29 is 9.50 Å². The second-order valence-corrected chi connectivity index (χ2v) is 3.24. The summed E-state index contributed by atoms with van der Waals surface area (Å²) in [6.45, 7) is 0. The van der Waals surface area contributed by atoms with Gasteiger partial charge in [0.1, 0.15) is 6.17 Å². The molecule has 2 saturated carbocycles. The molecular weight excluding hydrogens is 119 g/mol. The molecule has 0 heterocycles. The predicted molar refractivity (Wildman–Crippen MR) is 31.7 cm³/mol. The molecule has 9 heavy (non-hydrogen) atoms. The Morgan fingerprint density at radius 2 is 2.11 bits per heavy atom. The highest BCUT2D eigenvalue weighted by Crippen LogP contribution is 2.46. The average molecular weight is 130 g/mol. The molecule has 2 heteroatoms. The molecule has 1 nitrogen and oxygen atoms in total. The molecule has 2 rings (SSSR count). The standard InChI is InChI=1S/C7H11FO/c8-6-3-4-1-2-5(6)7(4)9/h4-7,9H,1-3H2/t4?,5?,6-,7+/m0/s1. The molecule has 0 radical (unpaired) electrons. The molecular formula is C7H11FO. The minimum Gasteiger partial charge on any atom is -0.392 e. The Hall–Kier alpha value is -0.110. The maximum Gasteiger partial charge on any atom is 0.106 e. The smallest absolute Gasteiger partial charge is 0.106 e. The van der Waals surface area contributed by atoms with E-state index in [4.69, 9.17) is 0 Å². The summed E-state index contributed by atoms with van der Waals surface area (Å²) in [4.78, 5) is 0. The second kappa shape index (κ2) is 1.69. The van der Waals surface area contributed by atoms with Crippen LogP contribution in [0.25, 0.3) is 0 Å². The third-order valence-electron chi connectivity index (χ3n) is 2.78.